The zero-order valence-corrected chi connectivity index (χ0v) is 26.6. The molecule has 0 saturated carbocycles. The lowest BCUT2D eigenvalue weighted by Gasteiger charge is -2.17. The normalized spacial score (nSPS) is 11.8. The van der Waals surface area contributed by atoms with Crippen LogP contribution in [-0.2, 0) is 0 Å². The van der Waals surface area contributed by atoms with E-state index in [4.69, 9.17) is 0 Å². The van der Waals surface area contributed by atoms with Crippen LogP contribution in [0.15, 0.2) is 170 Å². The van der Waals surface area contributed by atoms with E-state index in [1.54, 1.807) is 0 Å². The highest BCUT2D eigenvalue weighted by Gasteiger charge is 2.16. The predicted molar refractivity (Wildman–Crippen MR) is 208 cm³/mol. The maximum Gasteiger partial charge on any atom is 0.255 e. The van der Waals surface area contributed by atoms with Crippen molar-refractivity contribution in [3.63, 3.8) is 0 Å². The van der Waals surface area contributed by atoms with Gasteiger partial charge in [0.05, 0.1) is 0 Å². The highest BCUT2D eigenvalue weighted by atomic mass is 16.1. The average molecular weight is 624 g/mol. The first kappa shape index (κ1) is 27.6. The van der Waals surface area contributed by atoms with Gasteiger partial charge in [0.25, 0.3) is 5.91 Å². The molecule has 0 aliphatic heterocycles. The van der Waals surface area contributed by atoms with Gasteiger partial charge in [-0.15, -0.1) is 0 Å². The SMILES string of the molecule is O=C(Nc1ccccc1)c1ccc(-c2ccc(-c3cc4ccc5cccc6c7cccc8ccc9cccc(c(c3)c4c56)c9c87)cc2)cc1. The molecule has 0 bridgehead atoms. The summed E-state index contributed by atoms with van der Waals surface area (Å²) in [6, 6.07) is 60.2. The van der Waals surface area contributed by atoms with Crippen LogP contribution in [0.4, 0.5) is 5.69 Å². The number of hydrogen-bond acceptors (Lipinski definition) is 1. The summed E-state index contributed by atoms with van der Waals surface area (Å²) < 4.78 is 0. The number of hydrogen-bond donors (Lipinski definition) is 1. The van der Waals surface area contributed by atoms with E-state index in [0.717, 1.165) is 16.8 Å². The Labute approximate surface area is 283 Å². The van der Waals surface area contributed by atoms with Crippen molar-refractivity contribution in [3.8, 4) is 22.3 Å². The fourth-order valence-corrected chi connectivity index (χ4v) is 7.84. The van der Waals surface area contributed by atoms with Crippen LogP contribution in [0.25, 0.3) is 86.9 Å². The van der Waals surface area contributed by atoms with Crippen molar-refractivity contribution >= 4 is 76.2 Å². The first-order valence-corrected chi connectivity index (χ1v) is 16.7. The Morgan fingerprint density at radius 2 is 0.796 bits per heavy atom. The topological polar surface area (TPSA) is 29.1 Å². The van der Waals surface area contributed by atoms with E-state index in [-0.39, 0.29) is 5.91 Å². The van der Waals surface area contributed by atoms with E-state index >= 15 is 0 Å². The Kier molecular flexibility index (Phi) is 6.06. The van der Waals surface area contributed by atoms with E-state index in [1.807, 2.05) is 54.6 Å². The van der Waals surface area contributed by atoms with E-state index in [0.29, 0.717) is 5.56 Å². The van der Waals surface area contributed by atoms with Crippen LogP contribution in [-0.4, -0.2) is 5.91 Å². The van der Waals surface area contributed by atoms with E-state index in [9.17, 15) is 4.79 Å². The number of carbonyl (C=O) groups is 1. The molecule has 0 aliphatic rings. The minimum atomic E-state index is -0.116. The number of carbonyl (C=O) groups excluding carboxylic acids is 1. The molecule has 10 aromatic carbocycles. The molecule has 0 atom stereocenters. The lowest BCUT2D eigenvalue weighted by Crippen LogP contribution is -2.11. The third-order valence-corrected chi connectivity index (χ3v) is 10.2. The van der Waals surface area contributed by atoms with Crippen LogP contribution in [0.1, 0.15) is 10.4 Å². The van der Waals surface area contributed by atoms with E-state index in [1.165, 1.54) is 75.8 Å². The maximum atomic E-state index is 12.8. The van der Waals surface area contributed by atoms with Gasteiger partial charge in [-0.3, -0.25) is 4.79 Å². The van der Waals surface area contributed by atoms with Gasteiger partial charge < -0.3 is 5.32 Å². The Balaban J connectivity index is 1.12. The fraction of sp³-hybridized carbons (Fsp3) is 0. The van der Waals surface area contributed by atoms with Crippen LogP contribution < -0.4 is 5.32 Å². The molecule has 1 N–H and O–H groups in total. The van der Waals surface area contributed by atoms with E-state index < -0.39 is 0 Å². The Morgan fingerprint density at radius 3 is 1.35 bits per heavy atom. The smallest absolute Gasteiger partial charge is 0.255 e. The molecule has 0 saturated heterocycles. The summed E-state index contributed by atoms with van der Waals surface area (Å²) in [7, 11) is 0. The van der Waals surface area contributed by atoms with Crippen LogP contribution in [0.3, 0.4) is 0 Å². The Morgan fingerprint density at radius 1 is 0.347 bits per heavy atom. The molecule has 10 aromatic rings. The number of fused-ring (bicyclic) bond motifs is 2. The summed E-state index contributed by atoms with van der Waals surface area (Å²) in [5.41, 5.74) is 5.96. The second-order valence-electron chi connectivity index (χ2n) is 12.9. The summed E-state index contributed by atoms with van der Waals surface area (Å²) in [6.07, 6.45) is 0. The number of benzene rings is 9. The molecular weight excluding hydrogens is 595 g/mol. The van der Waals surface area contributed by atoms with Crippen molar-refractivity contribution in [2.45, 2.75) is 0 Å². The molecule has 0 radical (unpaired) electrons. The van der Waals surface area contributed by atoms with Gasteiger partial charge in [-0.2, -0.15) is 0 Å². The van der Waals surface area contributed by atoms with Gasteiger partial charge in [0, 0.05) is 11.3 Å². The monoisotopic (exact) mass is 623 g/mol. The number of anilines is 1. The molecule has 0 fully saturated rings. The second-order valence-corrected chi connectivity index (χ2v) is 12.9. The summed E-state index contributed by atoms with van der Waals surface area (Å²) in [5, 5.41) is 18.4. The van der Waals surface area contributed by atoms with Crippen LogP contribution in [0.2, 0.25) is 0 Å². The van der Waals surface area contributed by atoms with Gasteiger partial charge >= 0.3 is 0 Å². The summed E-state index contributed by atoms with van der Waals surface area (Å²) in [6.45, 7) is 0. The maximum absolute atomic E-state index is 12.8. The largest absolute Gasteiger partial charge is 0.322 e. The van der Waals surface area contributed by atoms with Crippen molar-refractivity contribution in [2.24, 2.45) is 0 Å². The van der Waals surface area contributed by atoms with Crippen molar-refractivity contribution in [1.29, 1.82) is 0 Å². The standard InChI is InChI=1S/C47H29NO/c49-47(48-38-10-2-1-3-11-38)35-24-19-30(20-25-35)29-15-17-31(18-16-29)37-27-36-26-23-34-8-5-13-40-39-12-4-7-32-21-22-33-9-6-14-41(45(33)43(32)39)42(28-37)46(36)44(34)40/h1-28H,(H,48,49). The molecule has 2 heteroatoms. The minimum absolute atomic E-state index is 0.116. The van der Waals surface area contributed by atoms with Gasteiger partial charge in [-0.25, -0.2) is 0 Å². The lowest BCUT2D eigenvalue weighted by atomic mass is 9.86. The predicted octanol–water partition coefficient (Wildman–Crippen LogP) is 12.6. The molecule has 228 valence electrons. The zero-order chi connectivity index (χ0) is 32.5. The number of para-hydroxylation sites is 1. The summed E-state index contributed by atoms with van der Waals surface area (Å²) in [4.78, 5) is 12.8. The minimum Gasteiger partial charge on any atom is -0.322 e. The van der Waals surface area contributed by atoms with Gasteiger partial charge in [0.15, 0.2) is 0 Å². The quantitative estimate of drug-likeness (QED) is 0.194. The third kappa shape index (κ3) is 4.38. The molecule has 2 nitrogen and oxygen atoms in total. The molecule has 0 heterocycles. The van der Waals surface area contributed by atoms with Gasteiger partial charge in [-0.05, 0) is 123 Å². The van der Waals surface area contributed by atoms with Gasteiger partial charge in [-0.1, -0.05) is 133 Å². The lowest BCUT2D eigenvalue weighted by molar-refractivity contribution is 0.102. The highest BCUT2D eigenvalue weighted by Crippen LogP contribution is 2.44. The van der Waals surface area contributed by atoms with Crippen LogP contribution in [0.5, 0.6) is 0 Å². The van der Waals surface area contributed by atoms with Crippen molar-refractivity contribution < 1.29 is 4.79 Å². The van der Waals surface area contributed by atoms with Crippen LogP contribution >= 0.6 is 0 Å². The fourth-order valence-electron chi connectivity index (χ4n) is 7.84. The zero-order valence-electron chi connectivity index (χ0n) is 26.6. The first-order valence-electron chi connectivity index (χ1n) is 16.7. The van der Waals surface area contributed by atoms with E-state index in [2.05, 4.69) is 121 Å². The Bertz CT molecular complexity index is 2880. The molecule has 0 aliphatic carbocycles. The second kappa shape index (κ2) is 10.8. The average Bonchev–Trinajstić information content (AvgIpc) is 3.16. The number of amides is 1. The summed E-state index contributed by atoms with van der Waals surface area (Å²) in [5.74, 6) is -0.116. The van der Waals surface area contributed by atoms with Crippen molar-refractivity contribution in [1.82, 2.24) is 0 Å². The third-order valence-electron chi connectivity index (χ3n) is 10.2. The van der Waals surface area contributed by atoms with Crippen LogP contribution in [0, 0.1) is 0 Å². The van der Waals surface area contributed by atoms with Crippen molar-refractivity contribution in [2.75, 3.05) is 5.32 Å². The number of nitrogens with one attached hydrogen (secondary N) is 1. The molecule has 0 spiro atoms. The molecule has 1 amide bonds. The number of rotatable bonds is 4. The molecular formula is C47H29NO. The van der Waals surface area contributed by atoms with Gasteiger partial charge in [0.2, 0.25) is 0 Å². The molecule has 0 aromatic heterocycles. The van der Waals surface area contributed by atoms with Gasteiger partial charge in [0.1, 0.15) is 0 Å². The highest BCUT2D eigenvalue weighted by molar-refractivity contribution is 6.37. The Hall–Kier alpha value is -6.51. The summed E-state index contributed by atoms with van der Waals surface area (Å²) >= 11 is 0. The molecule has 10 rings (SSSR count). The molecule has 0 unspecified atom stereocenters. The van der Waals surface area contributed by atoms with Crippen molar-refractivity contribution in [3.05, 3.63) is 175 Å². The first-order chi connectivity index (χ1) is 24.2. The molecule has 49 heavy (non-hydrogen) atoms.